The van der Waals surface area contributed by atoms with E-state index in [0.717, 1.165) is 27.9 Å². The molecule has 0 saturated carbocycles. The van der Waals surface area contributed by atoms with E-state index < -0.39 is 0 Å². The molecule has 0 N–H and O–H groups in total. The molecule has 11 heteroatoms. The molecule has 0 saturated heterocycles. The summed E-state index contributed by atoms with van der Waals surface area (Å²) in [6, 6.07) is 36.3. The normalized spacial score (nSPS) is 11.2. The Morgan fingerprint density at radius 2 is 0.773 bits per heavy atom. The highest BCUT2D eigenvalue weighted by Gasteiger charge is 2.24. The lowest BCUT2D eigenvalue weighted by Gasteiger charge is -2.02. The molecule has 4 heterocycles. The molecule has 8 aromatic rings. The van der Waals surface area contributed by atoms with Crippen molar-refractivity contribution in [1.82, 2.24) is 40.4 Å². The van der Waals surface area contributed by atoms with Gasteiger partial charge in [-0.25, -0.2) is 4.68 Å². The molecule has 11 nitrogen and oxygen atoms in total. The molecule has 0 aliphatic carbocycles. The van der Waals surface area contributed by atoms with E-state index in [-0.39, 0.29) is 11.8 Å². The maximum absolute atomic E-state index is 6.08. The van der Waals surface area contributed by atoms with Crippen LogP contribution in [-0.4, -0.2) is 40.4 Å². The monoisotopic (exact) mass is 576 g/mol. The van der Waals surface area contributed by atoms with Crippen LogP contribution in [0.3, 0.4) is 0 Å². The average molecular weight is 577 g/mol. The number of benzene rings is 4. The molecule has 4 aromatic heterocycles. The summed E-state index contributed by atoms with van der Waals surface area (Å²) in [7, 11) is 0. The van der Waals surface area contributed by atoms with Gasteiger partial charge in [-0.3, -0.25) is 0 Å². The summed E-state index contributed by atoms with van der Waals surface area (Å²) in [5.74, 6) is 2.10. The Labute approximate surface area is 249 Å². The van der Waals surface area contributed by atoms with E-state index in [4.69, 9.17) is 18.4 Å². The second-order valence-electron chi connectivity index (χ2n) is 9.72. The van der Waals surface area contributed by atoms with Gasteiger partial charge < -0.3 is 13.3 Å². The summed E-state index contributed by atoms with van der Waals surface area (Å²) in [4.78, 5) is 0. The fraction of sp³-hybridized carbons (Fsp3) is 0. The van der Waals surface area contributed by atoms with Gasteiger partial charge in [-0.2, -0.15) is 5.10 Å². The van der Waals surface area contributed by atoms with Crippen molar-refractivity contribution < 1.29 is 13.3 Å². The molecule has 0 aliphatic heterocycles. The van der Waals surface area contributed by atoms with E-state index in [1.807, 2.05) is 115 Å². The minimum absolute atomic E-state index is 0.216. The minimum Gasteiger partial charge on any atom is -0.416 e. The Hall–Kier alpha value is -6.49. The number of hydrogen-bond donors (Lipinski definition) is 0. The summed E-state index contributed by atoms with van der Waals surface area (Å²) >= 11 is 0. The van der Waals surface area contributed by atoms with Gasteiger partial charge >= 0.3 is 0 Å². The molecule has 0 aliphatic rings. The fourth-order valence-electron chi connectivity index (χ4n) is 4.66. The lowest BCUT2D eigenvalue weighted by Crippen LogP contribution is -1.95. The Kier molecular flexibility index (Phi) is 6.15. The highest BCUT2D eigenvalue weighted by molar-refractivity contribution is 5.73. The summed E-state index contributed by atoms with van der Waals surface area (Å²) in [5, 5.41) is 30.3. The molecule has 8 rings (SSSR count). The van der Waals surface area contributed by atoms with Crippen LogP contribution in [-0.2, 0) is 0 Å². The minimum atomic E-state index is 0.216. The molecule has 210 valence electrons. The average Bonchev–Trinajstić information content (AvgIpc) is 3.92. The highest BCUT2D eigenvalue weighted by Crippen LogP contribution is 2.34. The van der Waals surface area contributed by atoms with Gasteiger partial charge in [0, 0.05) is 28.5 Å². The van der Waals surface area contributed by atoms with Gasteiger partial charge in [0.15, 0.2) is 5.69 Å². The van der Waals surface area contributed by atoms with Gasteiger partial charge in [0.25, 0.3) is 11.8 Å². The second-order valence-corrected chi connectivity index (χ2v) is 9.72. The summed E-state index contributed by atoms with van der Waals surface area (Å²) in [6.45, 7) is 0. The van der Waals surface area contributed by atoms with Crippen molar-refractivity contribution in [2.75, 3.05) is 0 Å². The third-order valence-corrected chi connectivity index (χ3v) is 6.86. The van der Waals surface area contributed by atoms with Crippen LogP contribution in [0.5, 0.6) is 0 Å². The van der Waals surface area contributed by atoms with Crippen molar-refractivity contribution in [3.63, 3.8) is 0 Å². The first-order valence-electron chi connectivity index (χ1n) is 13.7. The second kappa shape index (κ2) is 10.7. The molecule has 0 amide bonds. The zero-order valence-electron chi connectivity index (χ0n) is 22.8. The molecule has 0 bridgehead atoms. The molecular formula is C33H20N8O3. The first kappa shape index (κ1) is 25.2. The van der Waals surface area contributed by atoms with E-state index in [9.17, 15) is 0 Å². The Bertz CT molecular complexity index is 2070. The highest BCUT2D eigenvalue weighted by atomic mass is 16.4. The van der Waals surface area contributed by atoms with Crippen LogP contribution in [0.25, 0.3) is 74.5 Å². The van der Waals surface area contributed by atoms with Crippen molar-refractivity contribution in [3.8, 4) is 74.5 Å². The summed E-state index contributed by atoms with van der Waals surface area (Å²) in [5.41, 5.74) is 4.92. The number of hydrogen-bond acceptors (Lipinski definition) is 10. The molecule has 4 aromatic carbocycles. The number of rotatable bonds is 7. The van der Waals surface area contributed by atoms with E-state index >= 15 is 0 Å². The molecule has 0 spiro atoms. The van der Waals surface area contributed by atoms with Crippen molar-refractivity contribution in [3.05, 3.63) is 121 Å². The smallest absolute Gasteiger partial charge is 0.269 e. The summed E-state index contributed by atoms with van der Waals surface area (Å²) < 4.78 is 19.7. The van der Waals surface area contributed by atoms with E-state index in [2.05, 4.69) is 30.6 Å². The SMILES string of the molecule is c1ccc(-c2nnc(-c3ccc(-n4cc(-c5nnc(-c6ccccc6)o5)c(-c5nnc(-c6ccccc6)o5)n4)cc3)o2)cc1. The van der Waals surface area contributed by atoms with Gasteiger partial charge in [0.05, 0.1) is 11.3 Å². The van der Waals surface area contributed by atoms with Gasteiger partial charge in [-0.05, 0) is 60.7 Å². The van der Waals surface area contributed by atoms with Crippen LogP contribution < -0.4 is 0 Å². The molecule has 0 unspecified atom stereocenters. The van der Waals surface area contributed by atoms with Crippen molar-refractivity contribution in [2.24, 2.45) is 0 Å². The maximum atomic E-state index is 6.08. The molecule has 0 radical (unpaired) electrons. The van der Waals surface area contributed by atoms with Crippen molar-refractivity contribution in [2.45, 2.75) is 0 Å². The standard InChI is InChI=1S/C33H20N8O3/c1-4-10-21(11-5-1)28-34-35-31(42-28)24-16-18-25(19-17-24)41-20-26(32-38-36-29(43-32)22-12-6-2-7-13-22)27(40-41)33-39-37-30(44-33)23-14-8-3-9-15-23/h1-20H. The molecule has 44 heavy (non-hydrogen) atoms. The number of aromatic nitrogens is 8. The third kappa shape index (κ3) is 4.73. The van der Waals surface area contributed by atoms with Crippen molar-refractivity contribution >= 4 is 0 Å². The van der Waals surface area contributed by atoms with Gasteiger partial charge in [-0.1, -0.05) is 54.6 Å². The summed E-state index contributed by atoms with van der Waals surface area (Å²) in [6.07, 6.45) is 1.79. The van der Waals surface area contributed by atoms with Gasteiger partial charge in [0.1, 0.15) is 0 Å². The predicted molar refractivity (Wildman–Crippen MR) is 160 cm³/mol. The molecule has 0 atom stereocenters. The van der Waals surface area contributed by atoms with Gasteiger partial charge in [0.2, 0.25) is 23.6 Å². The largest absolute Gasteiger partial charge is 0.416 e. The maximum Gasteiger partial charge on any atom is 0.269 e. The lowest BCUT2D eigenvalue weighted by molar-refractivity contribution is 0.576. The number of nitrogens with zero attached hydrogens (tertiary/aromatic N) is 8. The fourth-order valence-corrected chi connectivity index (χ4v) is 4.66. The zero-order valence-corrected chi connectivity index (χ0v) is 22.8. The quantitative estimate of drug-likeness (QED) is 0.195. The van der Waals surface area contributed by atoms with E-state index in [1.54, 1.807) is 10.9 Å². The van der Waals surface area contributed by atoms with Crippen LogP contribution in [0, 0.1) is 0 Å². The zero-order chi connectivity index (χ0) is 29.3. The van der Waals surface area contributed by atoms with Crippen LogP contribution in [0.15, 0.2) is 135 Å². The Balaban J connectivity index is 1.16. The first-order valence-corrected chi connectivity index (χ1v) is 13.7. The van der Waals surface area contributed by atoms with Crippen LogP contribution in [0.1, 0.15) is 0 Å². The third-order valence-electron chi connectivity index (χ3n) is 6.86. The first-order chi connectivity index (χ1) is 21.8. The van der Waals surface area contributed by atoms with Gasteiger partial charge in [-0.15, -0.1) is 30.6 Å². The van der Waals surface area contributed by atoms with Crippen molar-refractivity contribution in [1.29, 1.82) is 0 Å². The Morgan fingerprint density at radius 1 is 0.386 bits per heavy atom. The topological polar surface area (TPSA) is 135 Å². The van der Waals surface area contributed by atoms with Crippen LogP contribution in [0.4, 0.5) is 0 Å². The van der Waals surface area contributed by atoms with Crippen LogP contribution in [0.2, 0.25) is 0 Å². The van der Waals surface area contributed by atoms with Crippen LogP contribution >= 0.6 is 0 Å². The predicted octanol–water partition coefficient (Wildman–Crippen LogP) is 7.02. The molecule has 0 fully saturated rings. The molecular weight excluding hydrogens is 556 g/mol. The Morgan fingerprint density at radius 3 is 1.27 bits per heavy atom. The lowest BCUT2D eigenvalue weighted by atomic mass is 10.2. The van der Waals surface area contributed by atoms with E-state index in [1.165, 1.54) is 0 Å². The van der Waals surface area contributed by atoms with E-state index in [0.29, 0.717) is 34.8 Å².